The molecule has 4 rings (SSSR count). The predicted molar refractivity (Wildman–Crippen MR) is 130 cm³/mol. The van der Waals surface area contributed by atoms with Crippen molar-refractivity contribution in [1.29, 1.82) is 0 Å². The fourth-order valence-electron chi connectivity index (χ4n) is 4.58. The second kappa shape index (κ2) is 9.70. The van der Waals surface area contributed by atoms with Gasteiger partial charge in [0, 0.05) is 19.7 Å². The Balaban J connectivity index is 1.63. The maximum Gasteiger partial charge on any atom is 0.286 e. The molecule has 1 aliphatic heterocycles. The fraction of sp³-hybridized carbons (Fsp3) is 0.440. The van der Waals surface area contributed by atoms with Crippen LogP contribution in [-0.4, -0.2) is 63.4 Å². The van der Waals surface area contributed by atoms with Crippen LogP contribution in [0.1, 0.15) is 29.9 Å². The molecule has 2 aromatic carbocycles. The molecule has 33 heavy (non-hydrogen) atoms. The molecule has 176 valence electrons. The van der Waals surface area contributed by atoms with Crippen molar-refractivity contribution in [2.75, 3.05) is 53.4 Å². The summed E-state index contributed by atoms with van der Waals surface area (Å²) in [6.07, 6.45) is 2.37. The molecule has 2 heterocycles. The lowest BCUT2D eigenvalue weighted by Gasteiger charge is -2.29. The van der Waals surface area contributed by atoms with E-state index >= 15 is 0 Å². The summed E-state index contributed by atoms with van der Waals surface area (Å²) < 4.78 is 16.3. The number of ether oxygens (including phenoxy) is 3. The Hall–Kier alpha value is -3.26. The van der Waals surface area contributed by atoms with Gasteiger partial charge < -0.3 is 29.0 Å². The highest BCUT2D eigenvalue weighted by atomic mass is 16.5. The third-order valence-electron chi connectivity index (χ3n) is 6.42. The molecule has 0 radical (unpaired) electrons. The van der Waals surface area contributed by atoms with Gasteiger partial charge in [-0.15, -0.1) is 0 Å². The quantitative estimate of drug-likeness (QED) is 0.589. The molecule has 0 amide bonds. The number of methoxy groups -OCH3 is 3. The minimum atomic E-state index is -0.386. The maximum atomic E-state index is 13.0. The summed E-state index contributed by atoms with van der Waals surface area (Å²) in [6, 6.07) is 10.5. The zero-order chi connectivity index (χ0) is 23.5. The summed E-state index contributed by atoms with van der Waals surface area (Å²) in [4.78, 5) is 24.8. The third-order valence-corrected chi connectivity index (χ3v) is 6.42. The highest BCUT2D eigenvalue weighted by molar-refractivity contribution is 5.90. The van der Waals surface area contributed by atoms with Crippen LogP contribution in [0.4, 0.5) is 5.95 Å². The SMILES string of the molecule is COc1cc2[nH]c(N(C)Cc3cccc(C4CCN(C)CC4)c3)nc(=O)c2c(OC)c1OC. The Morgan fingerprint density at radius 3 is 2.48 bits per heavy atom. The maximum absolute atomic E-state index is 13.0. The van der Waals surface area contributed by atoms with E-state index in [4.69, 9.17) is 14.2 Å². The molecule has 8 nitrogen and oxygen atoms in total. The van der Waals surface area contributed by atoms with Crippen molar-refractivity contribution >= 4 is 16.9 Å². The van der Waals surface area contributed by atoms with Crippen LogP contribution >= 0.6 is 0 Å². The number of likely N-dealkylation sites (tertiary alicyclic amines) is 1. The lowest BCUT2D eigenvalue weighted by molar-refractivity contribution is 0.255. The Labute approximate surface area is 194 Å². The fourth-order valence-corrected chi connectivity index (χ4v) is 4.58. The van der Waals surface area contributed by atoms with E-state index in [0.717, 1.165) is 13.1 Å². The van der Waals surface area contributed by atoms with Crippen LogP contribution in [-0.2, 0) is 6.54 Å². The Morgan fingerprint density at radius 1 is 1.09 bits per heavy atom. The molecule has 1 aromatic heterocycles. The van der Waals surface area contributed by atoms with Crippen molar-refractivity contribution < 1.29 is 14.2 Å². The highest BCUT2D eigenvalue weighted by Crippen LogP contribution is 2.41. The Kier molecular flexibility index (Phi) is 6.74. The predicted octanol–water partition coefficient (Wildman–Crippen LogP) is 3.39. The minimum Gasteiger partial charge on any atom is -0.493 e. The molecule has 1 fully saturated rings. The Morgan fingerprint density at radius 2 is 1.82 bits per heavy atom. The van der Waals surface area contributed by atoms with Crippen LogP contribution in [0, 0.1) is 0 Å². The number of benzene rings is 2. The average Bonchev–Trinajstić information content (AvgIpc) is 2.83. The number of anilines is 1. The molecule has 0 unspecified atom stereocenters. The number of nitrogens with zero attached hydrogens (tertiary/aromatic N) is 3. The molecule has 0 saturated carbocycles. The lowest BCUT2D eigenvalue weighted by atomic mass is 9.89. The van der Waals surface area contributed by atoms with Gasteiger partial charge in [-0.25, -0.2) is 0 Å². The van der Waals surface area contributed by atoms with Gasteiger partial charge >= 0.3 is 0 Å². The van der Waals surface area contributed by atoms with Crippen LogP contribution in [0.15, 0.2) is 35.1 Å². The zero-order valence-corrected chi connectivity index (χ0v) is 20.0. The van der Waals surface area contributed by atoms with E-state index in [1.54, 1.807) is 13.2 Å². The van der Waals surface area contributed by atoms with Gasteiger partial charge in [-0.3, -0.25) is 4.79 Å². The van der Waals surface area contributed by atoms with E-state index in [9.17, 15) is 4.79 Å². The van der Waals surface area contributed by atoms with Gasteiger partial charge in [0.1, 0.15) is 5.39 Å². The van der Waals surface area contributed by atoms with E-state index in [1.165, 1.54) is 38.2 Å². The number of rotatable bonds is 7. The number of fused-ring (bicyclic) bond motifs is 1. The molecule has 1 saturated heterocycles. The number of hydrogen-bond donors (Lipinski definition) is 1. The number of hydrogen-bond acceptors (Lipinski definition) is 7. The van der Waals surface area contributed by atoms with Gasteiger partial charge in [0.2, 0.25) is 11.7 Å². The summed E-state index contributed by atoms with van der Waals surface area (Å²) >= 11 is 0. The van der Waals surface area contributed by atoms with Crippen molar-refractivity contribution in [3.8, 4) is 17.2 Å². The van der Waals surface area contributed by atoms with Crippen molar-refractivity contribution in [2.24, 2.45) is 0 Å². The molecule has 0 spiro atoms. The largest absolute Gasteiger partial charge is 0.493 e. The summed E-state index contributed by atoms with van der Waals surface area (Å²) in [5.74, 6) is 2.22. The number of H-pyrrole nitrogens is 1. The lowest BCUT2D eigenvalue weighted by Crippen LogP contribution is -2.29. The molecule has 0 aliphatic carbocycles. The standard InChI is InChI=1S/C25H32N4O4/c1-28-11-9-17(10-12-28)18-8-6-7-16(13-18)15-29(2)25-26-19-14-20(31-3)22(32-4)23(33-5)21(19)24(30)27-25/h6-8,13-14,17H,9-12,15H2,1-5H3,(H,26,27,30). The van der Waals surface area contributed by atoms with Crippen LogP contribution in [0.2, 0.25) is 0 Å². The Bertz CT molecular complexity index is 1180. The zero-order valence-electron chi connectivity index (χ0n) is 20.0. The first-order valence-corrected chi connectivity index (χ1v) is 11.2. The molecule has 0 atom stereocenters. The number of nitrogens with one attached hydrogen (secondary N) is 1. The van der Waals surface area contributed by atoms with Crippen molar-refractivity contribution in [3.05, 3.63) is 51.8 Å². The topological polar surface area (TPSA) is 79.9 Å². The van der Waals surface area contributed by atoms with Crippen LogP contribution in [0.5, 0.6) is 17.2 Å². The van der Waals surface area contributed by atoms with Crippen LogP contribution < -0.4 is 24.7 Å². The normalized spacial score (nSPS) is 14.9. The van der Waals surface area contributed by atoms with Crippen LogP contribution in [0.25, 0.3) is 10.9 Å². The number of piperidine rings is 1. The smallest absolute Gasteiger partial charge is 0.286 e. The minimum absolute atomic E-state index is 0.306. The van der Waals surface area contributed by atoms with E-state index < -0.39 is 0 Å². The van der Waals surface area contributed by atoms with Crippen molar-refractivity contribution in [3.63, 3.8) is 0 Å². The second-order valence-corrected chi connectivity index (χ2v) is 8.61. The highest BCUT2D eigenvalue weighted by Gasteiger charge is 2.21. The van der Waals surface area contributed by atoms with Crippen molar-refractivity contribution in [1.82, 2.24) is 14.9 Å². The molecule has 8 heteroatoms. The van der Waals surface area contributed by atoms with E-state index in [0.29, 0.717) is 46.6 Å². The number of aromatic amines is 1. The first-order valence-electron chi connectivity index (χ1n) is 11.2. The van der Waals surface area contributed by atoms with Gasteiger partial charge in [0.15, 0.2) is 11.5 Å². The third kappa shape index (κ3) is 4.61. The monoisotopic (exact) mass is 452 g/mol. The molecular formula is C25H32N4O4. The molecule has 1 N–H and O–H groups in total. The average molecular weight is 453 g/mol. The molecule has 1 aliphatic rings. The molecule has 0 bridgehead atoms. The van der Waals surface area contributed by atoms with E-state index in [-0.39, 0.29) is 5.56 Å². The summed E-state index contributed by atoms with van der Waals surface area (Å²) in [5, 5.41) is 0.330. The first kappa shape index (κ1) is 22.9. The molecule has 3 aromatic rings. The summed E-state index contributed by atoms with van der Waals surface area (Å²) in [6.45, 7) is 2.89. The van der Waals surface area contributed by atoms with Gasteiger partial charge in [0.05, 0.1) is 26.8 Å². The van der Waals surface area contributed by atoms with Gasteiger partial charge in [-0.05, 0) is 50.0 Å². The first-order chi connectivity index (χ1) is 15.9. The van der Waals surface area contributed by atoms with Crippen molar-refractivity contribution in [2.45, 2.75) is 25.3 Å². The van der Waals surface area contributed by atoms with Gasteiger partial charge in [-0.1, -0.05) is 24.3 Å². The van der Waals surface area contributed by atoms with Crippen LogP contribution in [0.3, 0.4) is 0 Å². The second-order valence-electron chi connectivity index (χ2n) is 8.61. The summed E-state index contributed by atoms with van der Waals surface area (Å²) in [5.41, 5.74) is 2.76. The van der Waals surface area contributed by atoms with Gasteiger partial charge in [0.25, 0.3) is 5.56 Å². The molecular weight excluding hydrogens is 420 g/mol. The van der Waals surface area contributed by atoms with E-state index in [2.05, 4.69) is 46.2 Å². The van der Waals surface area contributed by atoms with E-state index in [1.807, 2.05) is 11.9 Å². The van der Waals surface area contributed by atoms with Gasteiger partial charge in [-0.2, -0.15) is 4.98 Å². The number of aromatic nitrogens is 2. The summed E-state index contributed by atoms with van der Waals surface area (Å²) in [7, 11) is 8.65.